The summed E-state index contributed by atoms with van der Waals surface area (Å²) in [7, 11) is 0. The minimum Gasteiger partial charge on any atom is -0.332 e. The van der Waals surface area contributed by atoms with Gasteiger partial charge in [-0.2, -0.15) is 0 Å². The molecule has 0 aromatic heterocycles. The molecule has 0 aliphatic carbocycles. The molecule has 0 aromatic rings. The molecule has 2 atom stereocenters. The average molecular weight is 196 g/mol. The first-order valence-corrected chi connectivity index (χ1v) is 5.31. The number of hydrogen-bond donors (Lipinski definition) is 1. The quantitative estimate of drug-likeness (QED) is 0.673. The number of urea groups is 1. The molecule has 0 saturated carbocycles. The Balaban J connectivity index is 2.39. The predicted molar refractivity (Wildman–Crippen MR) is 58.2 cm³/mol. The molecule has 3 heteroatoms. The summed E-state index contributed by atoms with van der Waals surface area (Å²) in [6.07, 6.45) is 4.10. The second kappa shape index (κ2) is 5.03. The van der Waals surface area contributed by atoms with Crippen LogP contribution in [0.2, 0.25) is 0 Å². The number of nitrogens with zero attached hydrogens (tertiary/aromatic N) is 1. The van der Waals surface area contributed by atoms with Crippen LogP contribution >= 0.6 is 0 Å². The van der Waals surface area contributed by atoms with Crippen molar-refractivity contribution in [2.45, 2.75) is 32.7 Å². The molecule has 1 N–H and O–H groups in total. The van der Waals surface area contributed by atoms with E-state index in [9.17, 15) is 4.79 Å². The van der Waals surface area contributed by atoms with Gasteiger partial charge in [0.1, 0.15) is 0 Å². The van der Waals surface area contributed by atoms with Gasteiger partial charge in [0.2, 0.25) is 0 Å². The fourth-order valence-electron chi connectivity index (χ4n) is 1.72. The zero-order valence-corrected chi connectivity index (χ0v) is 9.12. The lowest BCUT2D eigenvalue weighted by molar-refractivity contribution is 0.168. The maximum absolute atomic E-state index is 11.7. The van der Waals surface area contributed by atoms with Crippen LogP contribution in [0.3, 0.4) is 0 Å². The lowest BCUT2D eigenvalue weighted by Gasteiger charge is -2.31. The molecule has 0 spiro atoms. The molecule has 1 heterocycles. The molecule has 0 bridgehead atoms. The Kier molecular flexibility index (Phi) is 3.98. The molecule has 1 saturated heterocycles. The molecule has 0 radical (unpaired) electrons. The van der Waals surface area contributed by atoms with Gasteiger partial charge in [0.05, 0.1) is 0 Å². The Morgan fingerprint density at radius 1 is 1.71 bits per heavy atom. The summed E-state index contributed by atoms with van der Waals surface area (Å²) in [6, 6.07) is 0.101. The van der Waals surface area contributed by atoms with E-state index in [2.05, 4.69) is 18.8 Å². The van der Waals surface area contributed by atoms with Crippen LogP contribution in [-0.2, 0) is 0 Å². The fraction of sp³-hybridized carbons (Fsp3) is 0.727. The van der Waals surface area contributed by atoms with E-state index in [-0.39, 0.29) is 12.1 Å². The Bertz CT molecular complexity index is 215. The molecule has 2 amide bonds. The van der Waals surface area contributed by atoms with Gasteiger partial charge in [0, 0.05) is 19.1 Å². The third-order valence-corrected chi connectivity index (χ3v) is 2.65. The summed E-state index contributed by atoms with van der Waals surface area (Å²) in [5.74, 6) is 0.633. The lowest BCUT2D eigenvalue weighted by Crippen LogP contribution is -2.47. The van der Waals surface area contributed by atoms with Gasteiger partial charge in [-0.1, -0.05) is 13.0 Å². The summed E-state index contributed by atoms with van der Waals surface area (Å²) in [5, 5.41) is 2.89. The van der Waals surface area contributed by atoms with Gasteiger partial charge in [-0.15, -0.1) is 6.58 Å². The van der Waals surface area contributed by atoms with Crippen LogP contribution in [-0.4, -0.2) is 30.1 Å². The normalized spacial score (nSPS) is 24.1. The first kappa shape index (κ1) is 11.1. The lowest BCUT2D eigenvalue weighted by atomic mass is 10.0. The van der Waals surface area contributed by atoms with E-state index < -0.39 is 0 Å². The number of carbonyl (C=O) groups is 1. The molecule has 14 heavy (non-hydrogen) atoms. The molecule has 1 aliphatic heterocycles. The Labute approximate surface area is 86.2 Å². The van der Waals surface area contributed by atoms with Crippen LogP contribution in [0.1, 0.15) is 26.7 Å². The first-order chi connectivity index (χ1) is 6.63. The van der Waals surface area contributed by atoms with Crippen LogP contribution < -0.4 is 5.32 Å². The van der Waals surface area contributed by atoms with Crippen molar-refractivity contribution >= 4 is 6.03 Å². The van der Waals surface area contributed by atoms with E-state index in [1.807, 2.05) is 11.8 Å². The number of hydrogen-bond acceptors (Lipinski definition) is 1. The van der Waals surface area contributed by atoms with Crippen LogP contribution in [0.15, 0.2) is 12.7 Å². The summed E-state index contributed by atoms with van der Waals surface area (Å²) in [5.41, 5.74) is 0. The molecule has 1 fully saturated rings. The SMILES string of the molecule is C=CC(C)NC(=O)N1CCCC(C)C1. The van der Waals surface area contributed by atoms with Crippen LogP contribution in [0.25, 0.3) is 0 Å². The standard InChI is InChI=1S/C11H20N2O/c1-4-10(3)12-11(14)13-7-5-6-9(2)8-13/h4,9-10H,1,5-8H2,2-3H3,(H,12,14). The first-order valence-electron chi connectivity index (χ1n) is 5.31. The molecule has 3 nitrogen and oxygen atoms in total. The maximum Gasteiger partial charge on any atom is 0.317 e. The van der Waals surface area contributed by atoms with E-state index in [1.54, 1.807) is 6.08 Å². The smallest absolute Gasteiger partial charge is 0.317 e. The molecule has 1 rings (SSSR count). The largest absolute Gasteiger partial charge is 0.332 e. The molecule has 1 aliphatic rings. The van der Waals surface area contributed by atoms with Gasteiger partial charge >= 0.3 is 6.03 Å². The topological polar surface area (TPSA) is 32.3 Å². The Morgan fingerprint density at radius 2 is 2.43 bits per heavy atom. The van der Waals surface area contributed by atoms with E-state index in [0.717, 1.165) is 19.5 Å². The number of piperidine rings is 1. The van der Waals surface area contributed by atoms with E-state index in [0.29, 0.717) is 5.92 Å². The van der Waals surface area contributed by atoms with Gasteiger partial charge in [0.25, 0.3) is 0 Å². The van der Waals surface area contributed by atoms with Crippen molar-refractivity contribution in [3.05, 3.63) is 12.7 Å². The number of rotatable bonds is 2. The summed E-state index contributed by atoms with van der Waals surface area (Å²) in [6.45, 7) is 9.53. The van der Waals surface area contributed by atoms with Crippen molar-refractivity contribution < 1.29 is 4.79 Å². The molecule has 80 valence electrons. The summed E-state index contributed by atoms with van der Waals surface area (Å²) >= 11 is 0. The van der Waals surface area contributed by atoms with Crippen molar-refractivity contribution in [2.24, 2.45) is 5.92 Å². The third-order valence-electron chi connectivity index (χ3n) is 2.65. The highest BCUT2D eigenvalue weighted by molar-refractivity contribution is 5.74. The zero-order valence-electron chi connectivity index (χ0n) is 9.12. The monoisotopic (exact) mass is 196 g/mol. The van der Waals surface area contributed by atoms with Gasteiger partial charge in [-0.05, 0) is 25.7 Å². The van der Waals surface area contributed by atoms with Crippen molar-refractivity contribution in [1.82, 2.24) is 10.2 Å². The number of nitrogens with one attached hydrogen (secondary N) is 1. The molecular formula is C11H20N2O. The van der Waals surface area contributed by atoms with Crippen LogP contribution in [0, 0.1) is 5.92 Å². The minimum absolute atomic E-state index is 0.0453. The van der Waals surface area contributed by atoms with Gasteiger partial charge in [-0.3, -0.25) is 0 Å². The minimum atomic E-state index is 0.0453. The van der Waals surface area contributed by atoms with Crippen LogP contribution in [0.4, 0.5) is 4.79 Å². The van der Waals surface area contributed by atoms with E-state index in [4.69, 9.17) is 0 Å². The Morgan fingerprint density at radius 3 is 3.00 bits per heavy atom. The number of likely N-dealkylation sites (tertiary alicyclic amines) is 1. The third kappa shape index (κ3) is 3.05. The molecule has 0 aromatic carbocycles. The second-order valence-corrected chi connectivity index (χ2v) is 4.17. The van der Waals surface area contributed by atoms with Crippen molar-refractivity contribution in [1.29, 1.82) is 0 Å². The average Bonchev–Trinajstić information content (AvgIpc) is 2.17. The highest BCUT2D eigenvalue weighted by atomic mass is 16.2. The van der Waals surface area contributed by atoms with Gasteiger partial charge < -0.3 is 10.2 Å². The highest BCUT2D eigenvalue weighted by Gasteiger charge is 2.20. The van der Waals surface area contributed by atoms with Crippen molar-refractivity contribution in [2.75, 3.05) is 13.1 Å². The molecular weight excluding hydrogens is 176 g/mol. The maximum atomic E-state index is 11.7. The van der Waals surface area contributed by atoms with E-state index >= 15 is 0 Å². The van der Waals surface area contributed by atoms with Gasteiger partial charge in [0.15, 0.2) is 0 Å². The van der Waals surface area contributed by atoms with Crippen molar-refractivity contribution in [3.63, 3.8) is 0 Å². The second-order valence-electron chi connectivity index (χ2n) is 4.17. The van der Waals surface area contributed by atoms with Crippen molar-refractivity contribution in [3.8, 4) is 0 Å². The summed E-state index contributed by atoms with van der Waals surface area (Å²) < 4.78 is 0. The number of amides is 2. The zero-order chi connectivity index (χ0) is 10.6. The predicted octanol–water partition coefficient (Wildman–Crippen LogP) is 2.00. The number of carbonyl (C=O) groups excluding carboxylic acids is 1. The van der Waals surface area contributed by atoms with Gasteiger partial charge in [-0.25, -0.2) is 4.79 Å². The molecule has 2 unspecified atom stereocenters. The summed E-state index contributed by atoms with van der Waals surface area (Å²) in [4.78, 5) is 13.6. The highest BCUT2D eigenvalue weighted by Crippen LogP contribution is 2.15. The fourth-order valence-corrected chi connectivity index (χ4v) is 1.72. The van der Waals surface area contributed by atoms with E-state index in [1.165, 1.54) is 6.42 Å². The van der Waals surface area contributed by atoms with Crippen LogP contribution in [0.5, 0.6) is 0 Å². The Hall–Kier alpha value is -0.990.